The third kappa shape index (κ3) is 2.02. The second-order valence-corrected chi connectivity index (χ2v) is 8.31. The second-order valence-electron chi connectivity index (χ2n) is 8.31. The van der Waals surface area contributed by atoms with E-state index in [9.17, 15) is 15.3 Å². The summed E-state index contributed by atoms with van der Waals surface area (Å²) < 4.78 is 11.9. The number of benzene rings is 2. The van der Waals surface area contributed by atoms with Crippen molar-refractivity contribution in [3.8, 4) is 12.1 Å². The molecule has 3 aliphatic rings. The lowest BCUT2D eigenvalue weighted by atomic mass is 9.84. The molecule has 3 atom stereocenters. The van der Waals surface area contributed by atoms with E-state index in [1.165, 1.54) is 0 Å². The number of carbonyl (C=O) groups is 1. The summed E-state index contributed by atoms with van der Waals surface area (Å²) in [5.74, 6) is -2.35. The Kier molecular flexibility index (Phi) is 4.41. The molecule has 2 heterocycles. The average Bonchev–Trinajstić information content (AvgIpc) is 3.24. The molecule has 166 valence electrons. The zero-order valence-electron chi connectivity index (χ0n) is 18.4. The fourth-order valence-corrected chi connectivity index (χ4v) is 6.03. The molecular weight excluding hydrogens is 418 g/mol. The first-order valence-electron chi connectivity index (χ1n) is 10.9. The molecule has 2 aliphatic heterocycles. The maximum absolute atomic E-state index is 14.3. The first kappa shape index (κ1) is 21.1. The molecule has 5 rings (SSSR count). The number of carbonyl (C=O) groups excluding carboxylic acids is 1. The highest BCUT2D eigenvalue weighted by atomic mass is 16.7. The van der Waals surface area contributed by atoms with E-state index >= 15 is 0 Å². The molecule has 1 amide bonds. The summed E-state index contributed by atoms with van der Waals surface area (Å²) in [5.41, 5.74) is 3.43. The van der Waals surface area contributed by atoms with Crippen molar-refractivity contribution in [3.63, 3.8) is 0 Å². The van der Waals surface area contributed by atoms with Crippen molar-refractivity contribution in [2.75, 3.05) is 18.1 Å². The molecule has 2 N–H and O–H groups in total. The van der Waals surface area contributed by atoms with Crippen molar-refractivity contribution in [2.45, 2.75) is 31.7 Å². The minimum Gasteiger partial charge on any atom is -0.386 e. The monoisotopic (exact) mass is 441 g/mol. The maximum atomic E-state index is 14.3. The Morgan fingerprint density at radius 2 is 1.64 bits per heavy atom. The molecule has 0 unspecified atom stereocenters. The molecule has 1 fully saturated rings. The number of hydrogen-bond acceptors (Lipinski definition) is 7. The van der Waals surface area contributed by atoms with Crippen molar-refractivity contribution in [1.29, 1.82) is 10.5 Å². The molecular formula is C25H23N5O3. The van der Waals surface area contributed by atoms with E-state index in [-0.39, 0.29) is 31.5 Å². The van der Waals surface area contributed by atoms with Crippen LogP contribution in [-0.4, -0.2) is 30.9 Å². The van der Waals surface area contributed by atoms with Crippen LogP contribution in [0.25, 0.3) is 0 Å². The smallest absolute Gasteiger partial charge is 0.294 e. The van der Waals surface area contributed by atoms with Gasteiger partial charge in [-0.05, 0) is 31.0 Å². The van der Waals surface area contributed by atoms with Gasteiger partial charge in [0.2, 0.25) is 5.91 Å². The number of nitriles is 2. The van der Waals surface area contributed by atoms with Gasteiger partial charge < -0.3 is 20.1 Å². The highest BCUT2D eigenvalue weighted by Crippen LogP contribution is 2.87. The van der Waals surface area contributed by atoms with E-state index in [0.717, 1.165) is 5.56 Å². The standard InChI is InChI=1S/C25H23N5O3/c1-3-32-25(33-4-2)23(16-27)22(15-26,20(28)29-25)24(23)18-12-8-9-13-19(18)30(21(24)31)14-17-10-6-5-7-11-17/h5-13H,3-4,14H2,1-2H3,(H2,28,29)/t22-,23-,24+/m0/s1. The van der Waals surface area contributed by atoms with Gasteiger partial charge in [0.05, 0.1) is 18.7 Å². The zero-order valence-corrected chi connectivity index (χ0v) is 18.4. The van der Waals surface area contributed by atoms with Gasteiger partial charge in [0, 0.05) is 18.9 Å². The Morgan fingerprint density at radius 1 is 1.00 bits per heavy atom. The molecule has 0 bridgehead atoms. The largest absolute Gasteiger partial charge is 0.386 e. The van der Waals surface area contributed by atoms with E-state index in [4.69, 9.17) is 15.2 Å². The summed E-state index contributed by atoms with van der Waals surface area (Å²) in [6.45, 7) is 4.08. The number of hydrogen-bond donors (Lipinski definition) is 1. The fourth-order valence-electron chi connectivity index (χ4n) is 6.03. The number of amidine groups is 1. The number of amides is 1. The summed E-state index contributed by atoms with van der Waals surface area (Å²) in [5, 5.41) is 21.2. The van der Waals surface area contributed by atoms with Gasteiger partial charge in [-0.1, -0.05) is 48.5 Å². The topological polar surface area (TPSA) is 125 Å². The number of fused-ring (bicyclic) bond motifs is 5. The van der Waals surface area contributed by atoms with Crippen LogP contribution in [0.15, 0.2) is 59.6 Å². The Morgan fingerprint density at radius 3 is 2.24 bits per heavy atom. The molecule has 2 aromatic rings. The van der Waals surface area contributed by atoms with Crippen molar-refractivity contribution in [1.82, 2.24) is 0 Å². The predicted molar refractivity (Wildman–Crippen MR) is 119 cm³/mol. The molecule has 2 aromatic carbocycles. The molecule has 1 aliphatic carbocycles. The predicted octanol–water partition coefficient (Wildman–Crippen LogP) is 2.60. The van der Waals surface area contributed by atoms with Gasteiger partial charge in [-0.25, -0.2) is 4.99 Å². The van der Waals surface area contributed by atoms with Gasteiger partial charge >= 0.3 is 0 Å². The Labute approximate surface area is 191 Å². The minimum atomic E-state index is -1.86. The number of nitrogens with two attached hydrogens (primary N) is 1. The number of rotatable bonds is 6. The molecule has 1 spiro atoms. The van der Waals surface area contributed by atoms with Crippen LogP contribution in [-0.2, 0) is 26.2 Å². The second kappa shape index (κ2) is 6.89. The fraction of sp³-hybridized carbons (Fsp3) is 0.360. The van der Waals surface area contributed by atoms with Gasteiger partial charge in [0.1, 0.15) is 11.3 Å². The van der Waals surface area contributed by atoms with Crippen LogP contribution in [0.1, 0.15) is 25.0 Å². The van der Waals surface area contributed by atoms with Crippen LogP contribution in [0.2, 0.25) is 0 Å². The third-order valence-corrected chi connectivity index (χ3v) is 7.11. The van der Waals surface area contributed by atoms with Gasteiger partial charge in [-0.2, -0.15) is 10.5 Å². The number of aliphatic imine (C=N–C) groups is 1. The van der Waals surface area contributed by atoms with Crippen molar-refractivity contribution in [3.05, 3.63) is 65.7 Å². The summed E-state index contributed by atoms with van der Waals surface area (Å²) in [4.78, 5) is 20.3. The van der Waals surface area contributed by atoms with Crippen LogP contribution < -0.4 is 10.6 Å². The molecule has 0 radical (unpaired) electrons. The summed E-state index contributed by atoms with van der Waals surface area (Å²) in [6, 6.07) is 21.3. The van der Waals surface area contributed by atoms with Gasteiger partial charge in [-0.15, -0.1) is 0 Å². The van der Waals surface area contributed by atoms with Gasteiger partial charge in [0.15, 0.2) is 10.8 Å². The highest BCUT2D eigenvalue weighted by Gasteiger charge is 3.05. The molecule has 1 saturated carbocycles. The lowest BCUT2D eigenvalue weighted by Crippen LogP contribution is -2.49. The summed E-state index contributed by atoms with van der Waals surface area (Å²) in [7, 11) is 0. The third-order valence-electron chi connectivity index (χ3n) is 7.11. The van der Waals surface area contributed by atoms with Crippen molar-refractivity contribution >= 4 is 17.4 Å². The summed E-state index contributed by atoms with van der Waals surface area (Å²) >= 11 is 0. The van der Waals surface area contributed by atoms with Crippen molar-refractivity contribution in [2.24, 2.45) is 21.6 Å². The number of nitrogens with zero attached hydrogens (tertiary/aromatic N) is 4. The Hall–Kier alpha value is -3.72. The molecule has 0 aromatic heterocycles. The van der Waals surface area contributed by atoms with E-state index in [1.807, 2.05) is 42.5 Å². The molecule has 8 nitrogen and oxygen atoms in total. The lowest BCUT2D eigenvalue weighted by Gasteiger charge is -2.33. The van der Waals surface area contributed by atoms with Crippen LogP contribution in [0.4, 0.5) is 5.69 Å². The lowest BCUT2D eigenvalue weighted by molar-refractivity contribution is -0.257. The van der Waals surface area contributed by atoms with Crippen LogP contribution in [0, 0.1) is 33.5 Å². The normalized spacial score (nSPS) is 30.4. The number of para-hydroxylation sites is 1. The Balaban J connectivity index is 1.78. The first-order chi connectivity index (χ1) is 16.0. The zero-order chi connectivity index (χ0) is 23.5. The molecule has 8 heteroatoms. The van der Waals surface area contributed by atoms with Crippen molar-refractivity contribution < 1.29 is 14.3 Å². The van der Waals surface area contributed by atoms with Crippen LogP contribution >= 0.6 is 0 Å². The number of ether oxygens (including phenoxy) is 2. The van der Waals surface area contributed by atoms with E-state index < -0.39 is 22.2 Å². The number of anilines is 1. The van der Waals surface area contributed by atoms with Crippen LogP contribution in [0.3, 0.4) is 0 Å². The molecule has 33 heavy (non-hydrogen) atoms. The van der Waals surface area contributed by atoms with E-state index in [1.54, 1.807) is 30.9 Å². The average molecular weight is 441 g/mol. The maximum Gasteiger partial charge on any atom is 0.294 e. The van der Waals surface area contributed by atoms with E-state index in [2.05, 4.69) is 17.1 Å². The Bertz CT molecular complexity index is 1260. The van der Waals surface area contributed by atoms with Crippen LogP contribution in [0.5, 0.6) is 0 Å². The van der Waals surface area contributed by atoms with Gasteiger partial charge in [0.25, 0.3) is 5.91 Å². The quantitative estimate of drug-likeness (QED) is 0.687. The van der Waals surface area contributed by atoms with Gasteiger partial charge in [-0.3, -0.25) is 4.79 Å². The molecule has 0 saturated heterocycles. The highest BCUT2D eigenvalue weighted by molar-refractivity contribution is 6.21. The van der Waals surface area contributed by atoms with E-state index in [0.29, 0.717) is 11.3 Å². The minimum absolute atomic E-state index is 0.113. The first-order valence-corrected chi connectivity index (χ1v) is 10.9. The summed E-state index contributed by atoms with van der Waals surface area (Å²) in [6.07, 6.45) is 0. The SMILES string of the molecule is CCOC1(OCC)N=C(N)[C@]2(C#N)[C@@]3(C(=O)N(Cc4ccccc4)c4ccccc43)[C@@]12C#N.